The van der Waals surface area contributed by atoms with E-state index >= 15 is 0 Å². The van der Waals surface area contributed by atoms with Gasteiger partial charge < -0.3 is 10.4 Å². The van der Waals surface area contributed by atoms with Crippen molar-refractivity contribution in [3.8, 4) is 0 Å². The number of aliphatic carboxylic acids is 1. The number of carboxylic acid groups (broad SMARTS) is 1. The smallest absolute Gasteiger partial charge is 0.311 e. The van der Waals surface area contributed by atoms with Crippen molar-refractivity contribution in [1.82, 2.24) is 9.97 Å². The quantitative estimate of drug-likeness (QED) is 0.842. The fraction of sp³-hybridized carbons (Fsp3) is 0.545. The summed E-state index contributed by atoms with van der Waals surface area (Å²) in [7, 11) is 0. The fourth-order valence-electron chi connectivity index (χ4n) is 1.08. The second kappa shape index (κ2) is 4.27. The maximum Gasteiger partial charge on any atom is 0.311 e. The Morgan fingerprint density at radius 2 is 1.76 bits per heavy atom. The van der Waals surface area contributed by atoms with Gasteiger partial charge in [0, 0.05) is 0 Å². The van der Waals surface area contributed by atoms with Gasteiger partial charge in [0.25, 0.3) is 0 Å². The van der Waals surface area contributed by atoms with E-state index in [-0.39, 0.29) is 5.95 Å². The average molecular weight is 241 g/mol. The SMILES string of the molecule is CC(C)(Nc1ncc(F)cn1)C(C)(C)C(=O)O. The number of nitrogens with one attached hydrogen (secondary N) is 1. The molecule has 0 saturated heterocycles. The molecule has 0 aliphatic rings. The monoisotopic (exact) mass is 241 g/mol. The zero-order chi connectivity index (χ0) is 13.3. The Hall–Kier alpha value is -1.72. The lowest BCUT2D eigenvalue weighted by Gasteiger charge is -2.38. The summed E-state index contributed by atoms with van der Waals surface area (Å²) in [6, 6.07) is 0. The highest BCUT2D eigenvalue weighted by molar-refractivity contribution is 5.76. The van der Waals surface area contributed by atoms with Gasteiger partial charge in [-0.2, -0.15) is 0 Å². The molecule has 0 atom stereocenters. The molecule has 5 nitrogen and oxygen atoms in total. The maximum absolute atomic E-state index is 12.6. The van der Waals surface area contributed by atoms with E-state index in [9.17, 15) is 9.18 Å². The number of carboxylic acids is 1. The van der Waals surface area contributed by atoms with Crippen LogP contribution < -0.4 is 5.32 Å². The van der Waals surface area contributed by atoms with Crippen LogP contribution in [0.4, 0.5) is 10.3 Å². The Kier molecular flexibility index (Phi) is 3.35. The maximum atomic E-state index is 12.6. The van der Waals surface area contributed by atoms with Crippen molar-refractivity contribution in [1.29, 1.82) is 0 Å². The van der Waals surface area contributed by atoms with Crippen LogP contribution in [0.15, 0.2) is 12.4 Å². The molecule has 94 valence electrons. The topological polar surface area (TPSA) is 75.1 Å². The van der Waals surface area contributed by atoms with Crippen molar-refractivity contribution in [2.45, 2.75) is 33.2 Å². The molecule has 0 saturated carbocycles. The van der Waals surface area contributed by atoms with E-state index < -0.39 is 22.7 Å². The number of nitrogens with zero attached hydrogens (tertiary/aromatic N) is 2. The van der Waals surface area contributed by atoms with Crippen LogP contribution in [0.3, 0.4) is 0 Å². The summed E-state index contributed by atoms with van der Waals surface area (Å²) in [5.74, 6) is -1.27. The van der Waals surface area contributed by atoms with Gasteiger partial charge in [-0.05, 0) is 27.7 Å². The lowest BCUT2D eigenvalue weighted by Crippen LogP contribution is -2.50. The van der Waals surface area contributed by atoms with E-state index in [1.54, 1.807) is 27.7 Å². The molecule has 0 radical (unpaired) electrons. The highest BCUT2D eigenvalue weighted by Gasteiger charge is 2.43. The molecular formula is C11H16FN3O2. The molecule has 1 aromatic heterocycles. The summed E-state index contributed by atoms with van der Waals surface area (Å²) in [5.41, 5.74) is -1.80. The molecule has 0 aromatic carbocycles. The highest BCUT2D eigenvalue weighted by atomic mass is 19.1. The van der Waals surface area contributed by atoms with Crippen LogP contribution >= 0.6 is 0 Å². The van der Waals surface area contributed by atoms with Crippen molar-refractivity contribution < 1.29 is 14.3 Å². The van der Waals surface area contributed by atoms with E-state index in [0.717, 1.165) is 12.4 Å². The molecule has 0 aliphatic carbocycles. The van der Waals surface area contributed by atoms with Gasteiger partial charge in [0.2, 0.25) is 5.95 Å². The summed E-state index contributed by atoms with van der Waals surface area (Å²) < 4.78 is 12.6. The zero-order valence-electron chi connectivity index (χ0n) is 10.3. The minimum Gasteiger partial charge on any atom is -0.481 e. The normalized spacial score (nSPS) is 12.3. The molecular weight excluding hydrogens is 225 g/mol. The van der Waals surface area contributed by atoms with Crippen molar-refractivity contribution in [3.05, 3.63) is 18.2 Å². The lowest BCUT2D eigenvalue weighted by atomic mass is 9.74. The summed E-state index contributed by atoms with van der Waals surface area (Å²) in [6.07, 6.45) is 2.05. The molecule has 6 heteroatoms. The Morgan fingerprint density at radius 1 is 1.29 bits per heavy atom. The Balaban J connectivity index is 2.93. The number of aromatic nitrogens is 2. The highest BCUT2D eigenvalue weighted by Crippen LogP contribution is 2.32. The average Bonchev–Trinajstić information content (AvgIpc) is 2.20. The summed E-state index contributed by atoms with van der Waals surface area (Å²) >= 11 is 0. The number of carbonyl (C=O) groups is 1. The molecule has 0 fully saturated rings. The van der Waals surface area contributed by atoms with E-state index in [1.807, 2.05) is 0 Å². The molecule has 0 amide bonds. The molecule has 1 rings (SSSR count). The van der Waals surface area contributed by atoms with Crippen LogP contribution in [0, 0.1) is 11.2 Å². The predicted octanol–water partition coefficient (Wildman–Crippen LogP) is 1.92. The Bertz CT molecular complexity index is 415. The van der Waals surface area contributed by atoms with E-state index in [4.69, 9.17) is 5.11 Å². The van der Waals surface area contributed by atoms with Crippen molar-refractivity contribution >= 4 is 11.9 Å². The van der Waals surface area contributed by atoms with Gasteiger partial charge in [-0.15, -0.1) is 0 Å². The van der Waals surface area contributed by atoms with Crippen molar-refractivity contribution in [2.24, 2.45) is 5.41 Å². The first-order valence-electron chi connectivity index (χ1n) is 5.16. The van der Waals surface area contributed by atoms with Crippen LogP contribution in [-0.4, -0.2) is 26.6 Å². The summed E-state index contributed by atoms with van der Waals surface area (Å²) in [4.78, 5) is 18.7. The number of halogens is 1. The third-order valence-electron chi connectivity index (χ3n) is 3.14. The van der Waals surface area contributed by atoms with Gasteiger partial charge in [0.05, 0.1) is 23.3 Å². The molecule has 0 aliphatic heterocycles. The molecule has 17 heavy (non-hydrogen) atoms. The van der Waals surface area contributed by atoms with Crippen molar-refractivity contribution in [3.63, 3.8) is 0 Å². The number of rotatable bonds is 4. The second-order valence-corrected chi connectivity index (χ2v) is 4.91. The first kappa shape index (κ1) is 13.3. The van der Waals surface area contributed by atoms with Crippen molar-refractivity contribution in [2.75, 3.05) is 5.32 Å². The van der Waals surface area contributed by atoms with E-state index in [2.05, 4.69) is 15.3 Å². The fourth-order valence-corrected chi connectivity index (χ4v) is 1.08. The van der Waals surface area contributed by atoms with E-state index in [0.29, 0.717) is 0 Å². The molecule has 1 heterocycles. The van der Waals surface area contributed by atoms with Crippen LogP contribution in [0.5, 0.6) is 0 Å². The minimum atomic E-state index is -1.02. The zero-order valence-corrected chi connectivity index (χ0v) is 10.3. The van der Waals surface area contributed by atoms with Gasteiger partial charge in [-0.3, -0.25) is 4.79 Å². The van der Waals surface area contributed by atoms with E-state index in [1.165, 1.54) is 0 Å². The lowest BCUT2D eigenvalue weighted by molar-refractivity contribution is -0.149. The first-order chi connectivity index (χ1) is 7.67. The molecule has 0 unspecified atom stereocenters. The predicted molar refractivity (Wildman–Crippen MR) is 61.1 cm³/mol. The Labute approximate surface area is 99.1 Å². The summed E-state index contributed by atoms with van der Waals surface area (Å²) in [5, 5.41) is 12.1. The van der Waals surface area contributed by atoms with Crippen LogP contribution in [-0.2, 0) is 4.79 Å². The molecule has 1 aromatic rings. The molecule has 2 N–H and O–H groups in total. The van der Waals surface area contributed by atoms with Gasteiger partial charge >= 0.3 is 5.97 Å². The van der Waals surface area contributed by atoms with Gasteiger partial charge in [-0.1, -0.05) is 0 Å². The van der Waals surface area contributed by atoms with Crippen LogP contribution in [0.25, 0.3) is 0 Å². The number of hydrogen-bond acceptors (Lipinski definition) is 4. The molecule has 0 spiro atoms. The van der Waals surface area contributed by atoms with Gasteiger partial charge in [0.1, 0.15) is 0 Å². The van der Waals surface area contributed by atoms with Crippen LogP contribution in [0.2, 0.25) is 0 Å². The second-order valence-electron chi connectivity index (χ2n) is 4.91. The Morgan fingerprint density at radius 3 is 2.18 bits per heavy atom. The standard InChI is InChI=1S/C11H16FN3O2/c1-10(2,8(16)17)11(3,4)15-9-13-5-7(12)6-14-9/h5-6H,1-4H3,(H,16,17)(H,13,14,15). The van der Waals surface area contributed by atoms with Crippen LogP contribution in [0.1, 0.15) is 27.7 Å². The number of hydrogen-bond donors (Lipinski definition) is 2. The van der Waals surface area contributed by atoms with Gasteiger partial charge in [-0.25, -0.2) is 14.4 Å². The minimum absolute atomic E-state index is 0.200. The molecule has 0 bridgehead atoms. The summed E-state index contributed by atoms with van der Waals surface area (Å²) in [6.45, 7) is 6.67. The third-order valence-corrected chi connectivity index (χ3v) is 3.14. The third kappa shape index (κ3) is 2.69. The van der Waals surface area contributed by atoms with Gasteiger partial charge in [0.15, 0.2) is 5.82 Å². The number of anilines is 1. The largest absolute Gasteiger partial charge is 0.481 e. The first-order valence-corrected chi connectivity index (χ1v) is 5.16.